The fraction of sp³-hybridized carbons (Fsp3) is 0.414. The van der Waals surface area contributed by atoms with Gasteiger partial charge in [0.2, 0.25) is 5.95 Å². The first-order chi connectivity index (χ1) is 20.1. The molecule has 12 heteroatoms. The van der Waals surface area contributed by atoms with E-state index < -0.39 is 6.03 Å². The van der Waals surface area contributed by atoms with Gasteiger partial charge in [0.05, 0.1) is 24.8 Å². The van der Waals surface area contributed by atoms with Gasteiger partial charge in [-0.3, -0.25) is 4.90 Å². The number of aromatic nitrogens is 3. The SMILES string of the molecule is N#Cc1cc(-c2ncnc(Nc3ccc(N4CCN(C5COC5)CC4)cc3)n2)ccc1OC1CCN(C(N)=O)CC1. The van der Waals surface area contributed by atoms with E-state index >= 15 is 0 Å². The summed E-state index contributed by atoms with van der Waals surface area (Å²) in [5, 5.41) is 13.0. The first-order valence-electron chi connectivity index (χ1n) is 13.9. The maximum Gasteiger partial charge on any atom is 0.314 e. The molecule has 0 radical (unpaired) electrons. The van der Waals surface area contributed by atoms with Gasteiger partial charge in [0, 0.05) is 69.0 Å². The van der Waals surface area contributed by atoms with Crippen LogP contribution in [0.15, 0.2) is 48.8 Å². The van der Waals surface area contributed by atoms with E-state index in [0.29, 0.717) is 60.6 Å². The normalized spacial score (nSPS) is 18.4. The number of piperazine rings is 1. The number of likely N-dealkylation sites (tertiary alicyclic amines) is 1. The average Bonchev–Trinajstić information content (AvgIpc) is 2.98. The van der Waals surface area contributed by atoms with Crippen molar-refractivity contribution in [1.29, 1.82) is 5.26 Å². The molecule has 0 unspecified atom stereocenters. The number of nitriles is 1. The second-order valence-corrected chi connectivity index (χ2v) is 10.5. The molecule has 3 saturated heterocycles. The predicted molar refractivity (Wildman–Crippen MR) is 153 cm³/mol. The number of amides is 2. The third-order valence-corrected chi connectivity index (χ3v) is 7.92. The molecule has 3 aliphatic rings. The second kappa shape index (κ2) is 12.0. The molecule has 12 nitrogen and oxygen atoms in total. The van der Waals surface area contributed by atoms with Crippen molar-refractivity contribution in [3.63, 3.8) is 0 Å². The molecule has 3 aromatic rings. The number of nitrogens with zero attached hydrogens (tertiary/aromatic N) is 7. The quantitative estimate of drug-likeness (QED) is 0.446. The van der Waals surface area contributed by atoms with Gasteiger partial charge in [-0.2, -0.15) is 10.2 Å². The van der Waals surface area contributed by atoms with Crippen LogP contribution in [0.5, 0.6) is 5.75 Å². The first kappa shape index (κ1) is 26.7. The average molecular weight is 556 g/mol. The van der Waals surface area contributed by atoms with E-state index in [1.807, 2.05) is 18.2 Å². The molecule has 3 aliphatic heterocycles. The maximum absolute atomic E-state index is 11.4. The molecule has 2 aromatic carbocycles. The number of anilines is 3. The third-order valence-electron chi connectivity index (χ3n) is 7.92. The molecule has 0 saturated carbocycles. The standard InChI is InChI=1S/C29H33N9O3/c30-16-21-15-20(1-6-26(21)41-25-7-9-38(10-8-25)28(31)39)27-32-19-33-29(35-27)34-22-2-4-23(5-3-22)36-11-13-37(14-12-36)24-17-40-18-24/h1-6,15,19,24-25H,7-14,17-18H2,(H2,31,39)(H,32,33,34,35). The lowest BCUT2D eigenvalue weighted by molar-refractivity contribution is -0.0660. The Morgan fingerprint density at radius 1 is 1.02 bits per heavy atom. The van der Waals surface area contributed by atoms with Crippen LogP contribution in [0.2, 0.25) is 0 Å². The van der Waals surface area contributed by atoms with E-state index in [4.69, 9.17) is 15.2 Å². The van der Waals surface area contributed by atoms with Gasteiger partial charge in [-0.1, -0.05) is 0 Å². The topological polar surface area (TPSA) is 146 Å². The van der Waals surface area contributed by atoms with Gasteiger partial charge in [-0.15, -0.1) is 0 Å². The van der Waals surface area contributed by atoms with Gasteiger partial charge in [0.15, 0.2) is 5.82 Å². The summed E-state index contributed by atoms with van der Waals surface area (Å²) in [7, 11) is 0. The third kappa shape index (κ3) is 6.16. The number of piperidine rings is 1. The summed E-state index contributed by atoms with van der Waals surface area (Å²) in [5.41, 5.74) is 8.52. The molecule has 0 atom stereocenters. The van der Waals surface area contributed by atoms with Crippen molar-refractivity contribution in [2.75, 3.05) is 62.7 Å². The highest BCUT2D eigenvalue weighted by Gasteiger charge is 2.29. The summed E-state index contributed by atoms with van der Waals surface area (Å²) in [6, 6.07) is 16.0. The second-order valence-electron chi connectivity index (χ2n) is 10.5. The molecule has 0 spiro atoms. The number of hydrogen-bond donors (Lipinski definition) is 2. The van der Waals surface area contributed by atoms with E-state index in [-0.39, 0.29) is 6.10 Å². The minimum atomic E-state index is -0.418. The Labute approximate surface area is 238 Å². The summed E-state index contributed by atoms with van der Waals surface area (Å²) < 4.78 is 11.4. The molecule has 4 heterocycles. The minimum absolute atomic E-state index is 0.0880. The van der Waals surface area contributed by atoms with Crippen LogP contribution in [-0.2, 0) is 4.74 Å². The van der Waals surface area contributed by atoms with Crippen LogP contribution in [0.25, 0.3) is 11.4 Å². The van der Waals surface area contributed by atoms with Crippen molar-refractivity contribution in [2.45, 2.75) is 25.0 Å². The van der Waals surface area contributed by atoms with E-state index in [2.05, 4.69) is 48.3 Å². The lowest BCUT2D eigenvalue weighted by atomic mass is 10.1. The number of hydrogen-bond acceptors (Lipinski definition) is 10. The van der Waals surface area contributed by atoms with E-state index in [1.165, 1.54) is 12.0 Å². The van der Waals surface area contributed by atoms with Gasteiger partial charge in [-0.25, -0.2) is 14.8 Å². The van der Waals surface area contributed by atoms with Crippen molar-refractivity contribution in [1.82, 2.24) is 24.8 Å². The van der Waals surface area contributed by atoms with Crippen LogP contribution in [-0.4, -0.2) is 95.4 Å². The number of ether oxygens (including phenoxy) is 2. The molecule has 212 valence electrons. The van der Waals surface area contributed by atoms with Gasteiger partial charge < -0.3 is 30.3 Å². The number of urea groups is 1. The highest BCUT2D eigenvalue weighted by Crippen LogP contribution is 2.28. The zero-order valence-corrected chi connectivity index (χ0v) is 22.8. The van der Waals surface area contributed by atoms with Gasteiger partial charge >= 0.3 is 6.03 Å². The number of benzene rings is 2. The Kier molecular flexibility index (Phi) is 7.80. The summed E-state index contributed by atoms with van der Waals surface area (Å²) in [5.74, 6) is 1.37. The van der Waals surface area contributed by atoms with Crippen LogP contribution < -0.4 is 20.7 Å². The number of rotatable bonds is 7. The maximum atomic E-state index is 11.4. The zero-order valence-electron chi connectivity index (χ0n) is 22.8. The Balaban J connectivity index is 1.07. The zero-order chi connectivity index (χ0) is 28.2. The number of nitrogens with two attached hydrogens (primary N) is 1. The van der Waals surface area contributed by atoms with Crippen molar-refractivity contribution in [3.8, 4) is 23.2 Å². The number of primary amides is 1. The summed E-state index contributed by atoms with van der Waals surface area (Å²) in [6.45, 7) is 6.91. The van der Waals surface area contributed by atoms with Crippen molar-refractivity contribution >= 4 is 23.4 Å². The fourth-order valence-electron chi connectivity index (χ4n) is 5.39. The van der Waals surface area contributed by atoms with Crippen molar-refractivity contribution in [3.05, 3.63) is 54.4 Å². The molecule has 2 amide bonds. The lowest BCUT2D eigenvalue weighted by Crippen LogP contribution is -2.56. The number of nitrogens with one attached hydrogen (secondary N) is 1. The van der Waals surface area contributed by atoms with Crippen LogP contribution in [0.4, 0.5) is 22.1 Å². The highest BCUT2D eigenvalue weighted by atomic mass is 16.5. The number of carbonyl (C=O) groups is 1. The van der Waals surface area contributed by atoms with Gasteiger partial charge in [0.25, 0.3) is 0 Å². The summed E-state index contributed by atoms with van der Waals surface area (Å²) in [6.07, 6.45) is 2.68. The van der Waals surface area contributed by atoms with E-state index in [0.717, 1.165) is 45.1 Å². The van der Waals surface area contributed by atoms with E-state index in [9.17, 15) is 10.1 Å². The molecule has 3 fully saturated rings. The van der Waals surface area contributed by atoms with Crippen LogP contribution in [0.3, 0.4) is 0 Å². The monoisotopic (exact) mass is 555 g/mol. The molecule has 0 bridgehead atoms. The lowest BCUT2D eigenvalue weighted by Gasteiger charge is -2.43. The van der Waals surface area contributed by atoms with E-state index in [1.54, 1.807) is 17.0 Å². The minimum Gasteiger partial charge on any atom is -0.489 e. The van der Waals surface area contributed by atoms with Gasteiger partial charge in [0.1, 0.15) is 24.3 Å². The summed E-state index contributed by atoms with van der Waals surface area (Å²) in [4.78, 5) is 31.1. The van der Waals surface area contributed by atoms with Crippen LogP contribution >= 0.6 is 0 Å². The molecule has 1 aromatic heterocycles. The fourth-order valence-corrected chi connectivity index (χ4v) is 5.39. The molecule has 3 N–H and O–H groups in total. The largest absolute Gasteiger partial charge is 0.489 e. The Morgan fingerprint density at radius 3 is 2.44 bits per heavy atom. The Morgan fingerprint density at radius 2 is 1.78 bits per heavy atom. The molecule has 6 rings (SSSR count). The van der Waals surface area contributed by atoms with Crippen molar-refractivity contribution in [2.24, 2.45) is 5.73 Å². The van der Waals surface area contributed by atoms with Crippen LogP contribution in [0, 0.1) is 11.3 Å². The smallest absolute Gasteiger partial charge is 0.314 e. The molecular formula is C29H33N9O3. The highest BCUT2D eigenvalue weighted by molar-refractivity contribution is 5.72. The molecule has 41 heavy (non-hydrogen) atoms. The van der Waals surface area contributed by atoms with Crippen LogP contribution in [0.1, 0.15) is 18.4 Å². The molecule has 0 aliphatic carbocycles. The van der Waals surface area contributed by atoms with Crippen molar-refractivity contribution < 1.29 is 14.3 Å². The first-order valence-corrected chi connectivity index (χ1v) is 13.9. The van der Waals surface area contributed by atoms with Gasteiger partial charge in [-0.05, 0) is 42.5 Å². The Bertz CT molecular complexity index is 1410. The predicted octanol–water partition coefficient (Wildman–Crippen LogP) is 2.60. The molecular weight excluding hydrogens is 522 g/mol. The number of carbonyl (C=O) groups excluding carboxylic acids is 1. The Hall–Kier alpha value is -4.47. The summed E-state index contributed by atoms with van der Waals surface area (Å²) >= 11 is 0.